The zero-order valence-corrected chi connectivity index (χ0v) is 14.9. The number of hydrogen-bond acceptors (Lipinski definition) is 3. The maximum absolute atomic E-state index is 14.4. The second-order valence-corrected chi connectivity index (χ2v) is 6.17. The molecule has 0 fully saturated rings. The third-order valence-corrected chi connectivity index (χ3v) is 4.42. The van der Waals surface area contributed by atoms with Crippen LogP contribution >= 0.6 is 31.9 Å². The topological polar surface area (TPSA) is 39.1 Å². The van der Waals surface area contributed by atoms with Crippen LogP contribution in [0, 0.1) is 5.82 Å². The van der Waals surface area contributed by atoms with Crippen molar-refractivity contribution in [1.29, 1.82) is 0 Å². The number of methoxy groups -OCH3 is 1. The molecule has 1 unspecified atom stereocenters. The number of ether oxygens (including phenoxy) is 1. The lowest BCUT2D eigenvalue weighted by atomic mass is 10.0. The summed E-state index contributed by atoms with van der Waals surface area (Å²) in [5.74, 6) is -0.275. The predicted molar refractivity (Wildman–Crippen MR) is 86.8 cm³/mol. The highest BCUT2D eigenvalue weighted by molar-refractivity contribution is 9.10. The maximum atomic E-state index is 14.4. The SMILES string of the molecule is CNC(c1cccc(Br)c1F)c1c(Br)cnn1CCOC. The molecule has 2 aromatic rings. The Balaban J connectivity index is 2.46. The minimum atomic E-state index is -0.309. The summed E-state index contributed by atoms with van der Waals surface area (Å²) in [4.78, 5) is 0. The van der Waals surface area contributed by atoms with Crippen LogP contribution in [-0.2, 0) is 11.3 Å². The monoisotopic (exact) mass is 419 g/mol. The lowest BCUT2D eigenvalue weighted by molar-refractivity contribution is 0.182. The quantitative estimate of drug-likeness (QED) is 0.777. The predicted octanol–water partition coefficient (Wildman–Crippen LogP) is 3.50. The molecule has 1 N–H and O–H groups in total. The molecular weight excluding hydrogens is 405 g/mol. The van der Waals surface area contributed by atoms with E-state index in [1.165, 1.54) is 0 Å². The van der Waals surface area contributed by atoms with Crippen molar-refractivity contribution in [3.63, 3.8) is 0 Å². The first-order chi connectivity index (χ1) is 10.1. The Morgan fingerprint density at radius 3 is 2.81 bits per heavy atom. The largest absolute Gasteiger partial charge is 0.383 e. The number of hydrogen-bond donors (Lipinski definition) is 1. The molecule has 0 bridgehead atoms. The average Bonchev–Trinajstić information content (AvgIpc) is 2.83. The van der Waals surface area contributed by atoms with Gasteiger partial charge in [-0.2, -0.15) is 5.10 Å². The van der Waals surface area contributed by atoms with Crippen LogP contribution in [0.4, 0.5) is 4.39 Å². The third kappa shape index (κ3) is 3.53. The average molecular weight is 421 g/mol. The summed E-state index contributed by atoms with van der Waals surface area (Å²) in [7, 11) is 3.44. The van der Waals surface area contributed by atoms with E-state index >= 15 is 0 Å². The van der Waals surface area contributed by atoms with Crippen LogP contribution in [0.5, 0.6) is 0 Å². The van der Waals surface area contributed by atoms with Crippen molar-refractivity contribution in [2.75, 3.05) is 20.8 Å². The van der Waals surface area contributed by atoms with Crippen molar-refractivity contribution in [2.24, 2.45) is 0 Å². The number of rotatable bonds is 6. The summed E-state index contributed by atoms with van der Waals surface area (Å²) in [6.07, 6.45) is 1.71. The van der Waals surface area contributed by atoms with E-state index in [0.29, 0.717) is 23.2 Å². The van der Waals surface area contributed by atoms with Gasteiger partial charge in [-0.15, -0.1) is 0 Å². The van der Waals surface area contributed by atoms with Gasteiger partial charge in [0.15, 0.2) is 0 Å². The summed E-state index contributed by atoms with van der Waals surface area (Å²) in [5.41, 5.74) is 1.43. The van der Waals surface area contributed by atoms with Gasteiger partial charge in [0.05, 0.1) is 40.0 Å². The Hall–Kier alpha value is -0.760. The molecule has 114 valence electrons. The summed E-state index contributed by atoms with van der Waals surface area (Å²) >= 11 is 6.72. The first-order valence-corrected chi connectivity index (χ1v) is 8.00. The standard InChI is InChI=1S/C14H16Br2FN3O/c1-18-13(9-4-3-5-10(15)12(9)17)14-11(16)8-19-20(14)6-7-21-2/h3-5,8,13,18H,6-7H2,1-2H3. The molecular formula is C14H16Br2FN3O. The van der Waals surface area contributed by atoms with Gasteiger partial charge in [0.1, 0.15) is 5.82 Å². The first kappa shape index (κ1) is 16.6. The highest BCUT2D eigenvalue weighted by Gasteiger charge is 2.24. The van der Waals surface area contributed by atoms with E-state index in [2.05, 4.69) is 42.3 Å². The number of halogens is 3. The Kier molecular flexibility index (Phi) is 5.92. The van der Waals surface area contributed by atoms with Crippen molar-refractivity contribution in [3.05, 3.63) is 50.4 Å². The van der Waals surface area contributed by atoms with Gasteiger partial charge >= 0.3 is 0 Å². The molecule has 0 saturated heterocycles. The van der Waals surface area contributed by atoms with Crippen molar-refractivity contribution in [1.82, 2.24) is 15.1 Å². The fourth-order valence-corrected chi connectivity index (χ4v) is 3.10. The van der Waals surface area contributed by atoms with Gasteiger partial charge in [0.25, 0.3) is 0 Å². The van der Waals surface area contributed by atoms with Crippen LogP contribution in [-0.4, -0.2) is 30.5 Å². The van der Waals surface area contributed by atoms with Gasteiger partial charge in [-0.25, -0.2) is 4.39 Å². The molecule has 0 aliphatic heterocycles. The van der Waals surface area contributed by atoms with Gasteiger partial charge in [-0.05, 0) is 45.0 Å². The molecule has 1 atom stereocenters. The van der Waals surface area contributed by atoms with E-state index in [1.54, 1.807) is 32.5 Å². The zero-order chi connectivity index (χ0) is 15.4. The number of nitrogens with zero attached hydrogens (tertiary/aromatic N) is 2. The smallest absolute Gasteiger partial charge is 0.142 e. The van der Waals surface area contributed by atoms with Crippen LogP contribution in [0.1, 0.15) is 17.3 Å². The summed E-state index contributed by atoms with van der Waals surface area (Å²) in [5, 5.41) is 7.47. The third-order valence-electron chi connectivity index (χ3n) is 3.20. The van der Waals surface area contributed by atoms with Gasteiger partial charge < -0.3 is 10.1 Å². The van der Waals surface area contributed by atoms with Crippen molar-refractivity contribution in [2.45, 2.75) is 12.6 Å². The Labute approximate surface area is 139 Å². The minimum Gasteiger partial charge on any atom is -0.383 e. The van der Waals surface area contributed by atoms with Crippen LogP contribution < -0.4 is 5.32 Å². The van der Waals surface area contributed by atoms with E-state index in [9.17, 15) is 4.39 Å². The number of benzene rings is 1. The van der Waals surface area contributed by atoms with E-state index in [-0.39, 0.29) is 11.9 Å². The molecule has 1 heterocycles. The van der Waals surface area contributed by atoms with Gasteiger partial charge in [0, 0.05) is 12.7 Å². The lowest BCUT2D eigenvalue weighted by Gasteiger charge is -2.20. The maximum Gasteiger partial charge on any atom is 0.142 e. The van der Waals surface area contributed by atoms with Crippen LogP contribution in [0.15, 0.2) is 33.3 Å². The highest BCUT2D eigenvalue weighted by atomic mass is 79.9. The fraction of sp³-hybridized carbons (Fsp3) is 0.357. The number of nitrogens with one attached hydrogen (secondary N) is 1. The first-order valence-electron chi connectivity index (χ1n) is 6.41. The minimum absolute atomic E-state index is 0.275. The molecule has 1 aromatic carbocycles. The highest BCUT2D eigenvalue weighted by Crippen LogP contribution is 2.32. The van der Waals surface area contributed by atoms with Gasteiger partial charge in [-0.1, -0.05) is 12.1 Å². The Morgan fingerprint density at radius 2 is 2.14 bits per heavy atom. The molecule has 0 amide bonds. The van der Waals surface area contributed by atoms with E-state index < -0.39 is 0 Å². The summed E-state index contributed by atoms with van der Waals surface area (Å²) in [6.45, 7) is 1.14. The fourth-order valence-electron chi connectivity index (χ4n) is 2.20. The Morgan fingerprint density at radius 1 is 1.38 bits per heavy atom. The molecule has 4 nitrogen and oxygen atoms in total. The normalized spacial score (nSPS) is 12.6. The molecule has 2 rings (SSSR count). The van der Waals surface area contributed by atoms with Crippen LogP contribution in [0.3, 0.4) is 0 Å². The lowest BCUT2D eigenvalue weighted by Crippen LogP contribution is -2.24. The van der Waals surface area contributed by atoms with Crippen LogP contribution in [0.25, 0.3) is 0 Å². The van der Waals surface area contributed by atoms with E-state index in [4.69, 9.17) is 4.74 Å². The molecule has 1 aromatic heterocycles. The summed E-state index contributed by atoms with van der Waals surface area (Å²) < 4.78 is 22.6. The molecule has 21 heavy (non-hydrogen) atoms. The summed E-state index contributed by atoms with van der Waals surface area (Å²) in [6, 6.07) is 4.96. The number of aromatic nitrogens is 2. The molecule has 7 heteroatoms. The Bertz CT molecular complexity index is 618. The zero-order valence-electron chi connectivity index (χ0n) is 11.7. The molecule has 0 radical (unpaired) electrons. The van der Waals surface area contributed by atoms with E-state index in [1.807, 2.05) is 10.7 Å². The van der Waals surface area contributed by atoms with Crippen molar-refractivity contribution in [3.8, 4) is 0 Å². The molecule has 0 aliphatic rings. The second kappa shape index (κ2) is 7.49. The van der Waals surface area contributed by atoms with E-state index in [0.717, 1.165) is 10.2 Å². The molecule has 0 spiro atoms. The second-order valence-electron chi connectivity index (χ2n) is 4.46. The molecule has 0 saturated carbocycles. The molecule has 0 aliphatic carbocycles. The van der Waals surface area contributed by atoms with Crippen molar-refractivity contribution >= 4 is 31.9 Å². The van der Waals surface area contributed by atoms with Gasteiger partial charge in [-0.3, -0.25) is 4.68 Å². The van der Waals surface area contributed by atoms with Crippen LogP contribution in [0.2, 0.25) is 0 Å². The van der Waals surface area contributed by atoms with Gasteiger partial charge in [0.2, 0.25) is 0 Å². The van der Waals surface area contributed by atoms with Crippen molar-refractivity contribution < 1.29 is 9.13 Å².